The molecule has 2 nitrogen and oxygen atoms in total. The van der Waals surface area contributed by atoms with Crippen LogP contribution in [0.5, 0.6) is 0 Å². The van der Waals surface area contributed by atoms with Crippen LogP contribution in [-0.4, -0.2) is 6.54 Å². The highest BCUT2D eigenvalue weighted by Gasteiger charge is 2.06. The number of rotatable bonds is 3. The zero-order valence-corrected chi connectivity index (χ0v) is 9.38. The van der Waals surface area contributed by atoms with Gasteiger partial charge in [0.05, 0.1) is 4.47 Å². The topological polar surface area (TPSA) is 39.2 Å². The van der Waals surface area contributed by atoms with Gasteiger partial charge in [0, 0.05) is 5.39 Å². The molecule has 0 bridgehead atoms. The van der Waals surface area contributed by atoms with E-state index >= 15 is 0 Å². The molecule has 0 aliphatic heterocycles. The Morgan fingerprint density at radius 2 is 2.21 bits per heavy atom. The molecule has 0 spiro atoms. The van der Waals surface area contributed by atoms with Crippen molar-refractivity contribution in [3.8, 4) is 0 Å². The van der Waals surface area contributed by atoms with Crippen LogP contribution in [0.2, 0.25) is 0 Å². The fourth-order valence-corrected chi connectivity index (χ4v) is 1.98. The van der Waals surface area contributed by atoms with Crippen LogP contribution >= 0.6 is 15.9 Å². The third kappa shape index (κ3) is 1.70. The number of para-hydroxylation sites is 1. The Bertz CT molecular complexity index is 436. The number of hydrogen-bond acceptors (Lipinski definition) is 2. The zero-order valence-electron chi connectivity index (χ0n) is 7.79. The number of furan rings is 1. The highest BCUT2D eigenvalue weighted by atomic mass is 79.9. The van der Waals surface area contributed by atoms with E-state index in [1.54, 1.807) is 6.26 Å². The minimum absolute atomic E-state index is 0.721. The molecule has 74 valence electrons. The van der Waals surface area contributed by atoms with Crippen molar-refractivity contribution in [1.82, 2.24) is 0 Å². The first-order chi connectivity index (χ1) is 6.83. The smallest absolute Gasteiger partial charge is 0.138 e. The normalized spacial score (nSPS) is 11.0. The van der Waals surface area contributed by atoms with Crippen LogP contribution in [0.1, 0.15) is 12.0 Å². The van der Waals surface area contributed by atoms with Crippen molar-refractivity contribution in [3.63, 3.8) is 0 Å². The van der Waals surface area contributed by atoms with Gasteiger partial charge >= 0.3 is 0 Å². The Balaban J connectivity index is 2.44. The number of fused-ring (bicyclic) bond motifs is 1. The number of benzene rings is 1. The molecule has 1 aromatic carbocycles. The fraction of sp³-hybridized carbons (Fsp3) is 0.273. The van der Waals surface area contributed by atoms with Crippen molar-refractivity contribution >= 4 is 26.9 Å². The van der Waals surface area contributed by atoms with E-state index < -0.39 is 0 Å². The summed E-state index contributed by atoms with van der Waals surface area (Å²) in [7, 11) is 0. The summed E-state index contributed by atoms with van der Waals surface area (Å²) in [5.41, 5.74) is 7.70. The molecule has 0 atom stereocenters. The van der Waals surface area contributed by atoms with Crippen LogP contribution in [0.15, 0.2) is 33.4 Å². The second-order valence-electron chi connectivity index (χ2n) is 3.27. The van der Waals surface area contributed by atoms with Gasteiger partial charge < -0.3 is 10.2 Å². The van der Waals surface area contributed by atoms with Crippen molar-refractivity contribution in [2.45, 2.75) is 12.8 Å². The van der Waals surface area contributed by atoms with Gasteiger partial charge in [0.2, 0.25) is 0 Å². The van der Waals surface area contributed by atoms with Crippen molar-refractivity contribution in [3.05, 3.63) is 34.5 Å². The van der Waals surface area contributed by atoms with Crippen molar-refractivity contribution < 1.29 is 4.42 Å². The number of hydrogen-bond donors (Lipinski definition) is 1. The predicted molar refractivity (Wildman–Crippen MR) is 61.3 cm³/mol. The summed E-state index contributed by atoms with van der Waals surface area (Å²) in [6.45, 7) is 0.721. The first-order valence-electron chi connectivity index (χ1n) is 4.67. The molecule has 1 heterocycles. The maximum atomic E-state index is 5.49. The Morgan fingerprint density at radius 1 is 1.36 bits per heavy atom. The summed E-state index contributed by atoms with van der Waals surface area (Å²) < 4.78 is 6.51. The minimum Gasteiger partial charge on any atom is -0.463 e. The molecule has 0 aliphatic carbocycles. The van der Waals surface area contributed by atoms with Crippen LogP contribution in [0.3, 0.4) is 0 Å². The summed E-state index contributed by atoms with van der Waals surface area (Å²) in [6, 6.07) is 6.19. The quantitative estimate of drug-likeness (QED) is 0.914. The molecule has 1 aromatic heterocycles. The summed E-state index contributed by atoms with van der Waals surface area (Å²) >= 11 is 3.45. The van der Waals surface area contributed by atoms with Gasteiger partial charge in [-0.1, -0.05) is 12.1 Å². The van der Waals surface area contributed by atoms with Crippen molar-refractivity contribution in [2.75, 3.05) is 6.54 Å². The lowest BCUT2D eigenvalue weighted by Crippen LogP contribution is -2.00. The zero-order chi connectivity index (χ0) is 9.97. The first-order valence-corrected chi connectivity index (χ1v) is 5.47. The van der Waals surface area contributed by atoms with Crippen LogP contribution in [0.25, 0.3) is 11.0 Å². The molecule has 0 saturated carbocycles. The number of halogens is 1. The molecule has 0 aliphatic rings. The Labute approximate surface area is 91.2 Å². The second-order valence-corrected chi connectivity index (χ2v) is 4.12. The lowest BCUT2D eigenvalue weighted by molar-refractivity contribution is 0.607. The van der Waals surface area contributed by atoms with E-state index in [4.69, 9.17) is 10.2 Å². The van der Waals surface area contributed by atoms with E-state index in [9.17, 15) is 0 Å². The third-order valence-corrected chi connectivity index (χ3v) is 2.90. The molecular formula is C11H12BrNO. The molecule has 2 rings (SSSR count). The fourth-order valence-electron chi connectivity index (χ4n) is 1.58. The van der Waals surface area contributed by atoms with Crippen LogP contribution in [-0.2, 0) is 6.42 Å². The second kappa shape index (κ2) is 4.15. The highest BCUT2D eigenvalue weighted by molar-refractivity contribution is 9.10. The largest absolute Gasteiger partial charge is 0.463 e. The van der Waals surface area contributed by atoms with E-state index in [-0.39, 0.29) is 0 Å². The van der Waals surface area contributed by atoms with Crippen LogP contribution in [0.4, 0.5) is 0 Å². The summed E-state index contributed by atoms with van der Waals surface area (Å²) in [5.74, 6) is 0. The molecule has 3 heteroatoms. The maximum absolute atomic E-state index is 5.49. The standard InChI is InChI=1S/C11H12BrNO/c12-10-7-14-11-8(4-2-6-13)3-1-5-9(10)11/h1,3,5,7H,2,4,6,13H2. The molecule has 0 saturated heterocycles. The van der Waals surface area contributed by atoms with Gasteiger partial charge in [-0.2, -0.15) is 0 Å². The summed E-state index contributed by atoms with van der Waals surface area (Å²) in [4.78, 5) is 0. The number of nitrogens with two attached hydrogens (primary N) is 1. The van der Waals surface area contributed by atoms with Crippen molar-refractivity contribution in [2.24, 2.45) is 5.73 Å². The van der Waals surface area contributed by atoms with Crippen LogP contribution in [0, 0.1) is 0 Å². The monoisotopic (exact) mass is 253 g/mol. The molecule has 0 unspecified atom stereocenters. The van der Waals surface area contributed by atoms with Gasteiger partial charge in [-0.3, -0.25) is 0 Å². The minimum atomic E-state index is 0.721. The van der Waals surface area contributed by atoms with Gasteiger partial charge in [0.15, 0.2) is 0 Å². The molecular weight excluding hydrogens is 242 g/mol. The van der Waals surface area contributed by atoms with E-state index in [0.29, 0.717) is 0 Å². The van der Waals surface area contributed by atoms with Crippen LogP contribution < -0.4 is 5.73 Å². The molecule has 0 radical (unpaired) electrons. The van der Waals surface area contributed by atoms with Gasteiger partial charge in [0.1, 0.15) is 11.8 Å². The average Bonchev–Trinajstić information content (AvgIpc) is 2.58. The van der Waals surface area contributed by atoms with E-state index in [0.717, 1.165) is 34.8 Å². The third-order valence-electron chi connectivity index (χ3n) is 2.28. The van der Waals surface area contributed by atoms with Gasteiger partial charge in [0.25, 0.3) is 0 Å². The maximum Gasteiger partial charge on any atom is 0.138 e. The van der Waals surface area contributed by atoms with Gasteiger partial charge in [-0.15, -0.1) is 0 Å². The molecule has 0 fully saturated rings. The summed E-state index contributed by atoms with van der Waals surface area (Å²) in [5, 5.41) is 1.14. The van der Waals surface area contributed by atoms with E-state index in [1.165, 1.54) is 5.56 Å². The van der Waals surface area contributed by atoms with Crippen molar-refractivity contribution in [1.29, 1.82) is 0 Å². The highest BCUT2D eigenvalue weighted by Crippen LogP contribution is 2.28. The lowest BCUT2D eigenvalue weighted by atomic mass is 10.1. The molecule has 14 heavy (non-hydrogen) atoms. The molecule has 2 aromatic rings. The molecule has 0 amide bonds. The van der Waals surface area contributed by atoms with Gasteiger partial charge in [-0.05, 0) is 46.9 Å². The average molecular weight is 254 g/mol. The first kappa shape index (κ1) is 9.74. The molecule has 2 N–H and O–H groups in total. The Morgan fingerprint density at radius 3 is 3.00 bits per heavy atom. The van der Waals surface area contributed by atoms with E-state index in [1.807, 2.05) is 0 Å². The summed E-state index contributed by atoms with van der Waals surface area (Å²) in [6.07, 6.45) is 3.71. The van der Waals surface area contributed by atoms with Gasteiger partial charge in [-0.25, -0.2) is 0 Å². The Kier molecular flexibility index (Phi) is 2.89. The lowest BCUT2D eigenvalue weighted by Gasteiger charge is -2.00. The van der Waals surface area contributed by atoms with E-state index in [2.05, 4.69) is 34.1 Å². The predicted octanol–water partition coefficient (Wildman–Crippen LogP) is 3.09. The Hall–Kier alpha value is -0.800. The number of aryl methyl sites for hydroxylation is 1. The SMILES string of the molecule is NCCCc1cccc2c(Br)coc12.